The van der Waals surface area contributed by atoms with Crippen molar-refractivity contribution in [3.05, 3.63) is 42.7 Å². The maximum Gasteiger partial charge on any atom is 0.142 e. The zero-order chi connectivity index (χ0) is 8.53. The third-order valence-electron chi connectivity index (χ3n) is 0.906. The smallest absolute Gasteiger partial charge is 0.142 e. The highest BCUT2D eigenvalue weighted by atomic mass is 16.1. The van der Waals surface area contributed by atoms with E-state index >= 15 is 0 Å². The predicted octanol–water partition coefficient (Wildman–Crippen LogP) is 1.76. The number of aromatic nitrogens is 1. The topological polar surface area (TPSA) is 30.0 Å². The summed E-state index contributed by atoms with van der Waals surface area (Å²) in [7, 11) is 0. The van der Waals surface area contributed by atoms with E-state index in [-0.39, 0.29) is 0 Å². The van der Waals surface area contributed by atoms with E-state index in [9.17, 15) is 0 Å². The zero-order valence-corrected chi connectivity index (χ0v) is 6.53. The number of carbonyl (C=O) groups excluding carboxylic acids is 1. The molecule has 0 radical (unpaired) electrons. The second-order valence-corrected chi connectivity index (χ2v) is 1.90. The summed E-state index contributed by atoms with van der Waals surface area (Å²) >= 11 is 0. The fourth-order valence-corrected chi connectivity index (χ4v) is 0.448. The molecule has 1 aromatic rings. The molecule has 0 bridgehead atoms. The molecule has 0 amide bonds. The van der Waals surface area contributed by atoms with Gasteiger partial charge < -0.3 is 0 Å². The molecule has 0 saturated heterocycles. The molecule has 2 nitrogen and oxygen atoms in total. The van der Waals surface area contributed by atoms with Crippen LogP contribution in [-0.4, -0.2) is 11.3 Å². The molecule has 0 spiro atoms. The first-order chi connectivity index (χ1) is 5.31. The maximum atomic E-state index is 9.06. The van der Waals surface area contributed by atoms with Crippen molar-refractivity contribution in [2.45, 2.75) is 6.92 Å². The van der Waals surface area contributed by atoms with Gasteiger partial charge in [0.25, 0.3) is 0 Å². The van der Waals surface area contributed by atoms with Crippen LogP contribution in [0.3, 0.4) is 0 Å². The SMILES string of the molecule is C=CC=O.Cc1cccnc1. The van der Waals surface area contributed by atoms with Crippen molar-refractivity contribution in [1.29, 1.82) is 0 Å². The normalized spacial score (nSPS) is 7.36. The quantitative estimate of drug-likeness (QED) is 0.450. The number of nitrogens with zero attached hydrogens (tertiary/aromatic N) is 1. The van der Waals surface area contributed by atoms with Crippen LogP contribution < -0.4 is 0 Å². The minimum atomic E-state index is 0.639. The lowest BCUT2D eigenvalue weighted by Crippen LogP contribution is -1.69. The van der Waals surface area contributed by atoms with Gasteiger partial charge in [-0.15, -0.1) is 0 Å². The number of hydrogen-bond donors (Lipinski definition) is 0. The van der Waals surface area contributed by atoms with Gasteiger partial charge in [0.15, 0.2) is 0 Å². The van der Waals surface area contributed by atoms with Crippen LogP contribution in [0.4, 0.5) is 0 Å². The summed E-state index contributed by atoms with van der Waals surface area (Å²) in [5.41, 5.74) is 1.21. The van der Waals surface area contributed by atoms with E-state index in [4.69, 9.17) is 4.79 Å². The average Bonchev–Trinajstić information content (AvgIpc) is 2.07. The van der Waals surface area contributed by atoms with Gasteiger partial charge in [0, 0.05) is 12.4 Å². The van der Waals surface area contributed by atoms with Crippen molar-refractivity contribution in [2.24, 2.45) is 0 Å². The molecular formula is C9H11NO. The minimum absolute atomic E-state index is 0.639. The Labute approximate surface area is 66.6 Å². The van der Waals surface area contributed by atoms with Gasteiger partial charge in [0.2, 0.25) is 0 Å². The number of aryl methyl sites for hydroxylation is 1. The molecule has 0 aliphatic carbocycles. The van der Waals surface area contributed by atoms with Crippen LogP contribution >= 0.6 is 0 Å². The van der Waals surface area contributed by atoms with Crippen molar-refractivity contribution < 1.29 is 4.79 Å². The van der Waals surface area contributed by atoms with E-state index in [1.165, 1.54) is 11.6 Å². The Kier molecular flexibility index (Phi) is 5.80. The number of allylic oxidation sites excluding steroid dienone is 1. The van der Waals surface area contributed by atoms with Crippen LogP contribution in [0, 0.1) is 6.92 Å². The minimum Gasteiger partial charge on any atom is -0.299 e. The van der Waals surface area contributed by atoms with E-state index in [1.54, 1.807) is 6.20 Å². The second-order valence-electron chi connectivity index (χ2n) is 1.90. The lowest BCUT2D eigenvalue weighted by molar-refractivity contribution is -0.104. The van der Waals surface area contributed by atoms with Crippen molar-refractivity contribution in [3.63, 3.8) is 0 Å². The van der Waals surface area contributed by atoms with Gasteiger partial charge in [0.05, 0.1) is 0 Å². The summed E-state index contributed by atoms with van der Waals surface area (Å²) in [5, 5.41) is 0. The number of hydrogen-bond acceptors (Lipinski definition) is 2. The van der Waals surface area contributed by atoms with Crippen LogP contribution in [0.15, 0.2) is 37.2 Å². The molecule has 0 saturated carbocycles. The van der Waals surface area contributed by atoms with Crippen LogP contribution in [0.5, 0.6) is 0 Å². The third kappa shape index (κ3) is 6.45. The Morgan fingerprint density at radius 3 is 2.45 bits per heavy atom. The third-order valence-corrected chi connectivity index (χ3v) is 0.906. The van der Waals surface area contributed by atoms with Crippen LogP contribution in [0.2, 0.25) is 0 Å². The molecule has 0 unspecified atom stereocenters. The molecule has 11 heavy (non-hydrogen) atoms. The van der Waals surface area contributed by atoms with E-state index in [0.29, 0.717) is 6.29 Å². The van der Waals surface area contributed by atoms with Crippen LogP contribution in [0.25, 0.3) is 0 Å². The van der Waals surface area contributed by atoms with Gasteiger partial charge in [-0.05, 0) is 24.6 Å². The van der Waals surface area contributed by atoms with Crippen LogP contribution in [0.1, 0.15) is 5.56 Å². The van der Waals surface area contributed by atoms with Gasteiger partial charge in [-0.2, -0.15) is 0 Å². The molecule has 2 heteroatoms. The summed E-state index contributed by atoms with van der Waals surface area (Å²) in [6.45, 7) is 5.13. The Balaban J connectivity index is 0.000000218. The van der Waals surface area contributed by atoms with E-state index in [0.717, 1.165) is 0 Å². The molecule has 0 aliphatic heterocycles. The molecule has 0 fully saturated rings. The molecule has 0 N–H and O–H groups in total. The lowest BCUT2D eigenvalue weighted by Gasteiger charge is -1.82. The van der Waals surface area contributed by atoms with Crippen molar-refractivity contribution >= 4 is 6.29 Å². The molecule has 1 heterocycles. The van der Waals surface area contributed by atoms with E-state index in [2.05, 4.69) is 11.6 Å². The van der Waals surface area contributed by atoms with E-state index < -0.39 is 0 Å². The predicted molar refractivity (Wildman–Crippen MR) is 45.2 cm³/mol. The Bertz CT molecular complexity index is 200. The van der Waals surface area contributed by atoms with Gasteiger partial charge in [-0.1, -0.05) is 12.6 Å². The molecule has 0 atom stereocenters. The molecule has 0 aliphatic rings. The summed E-state index contributed by atoms with van der Waals surface area (Å²) < 4.78 is 0. The average molecular weight is 149 g/mol. The van der Waals surface area contributed by atoms with Gasteiger partial charge >= 0.3 is 0 Å². The van der Waals surface area contributed by atoms with E-state index in [1.807, 2.05) is 25.3 Å². The molecule has 1 aromatic heterocycles. The Hall–Kier alpha value is -1.44. The fourth-order valence-electron chi connectivity index (χ4n) is 0.448. The molecule has 1 rings (SSSR count). The van der Waals surface area contributed by atoms with Crippen LogP contribution in [-0.2, 0) is 4.79 Å². The number of aldehydes is 1. The standard InChI is InChI=1S/C6H7N.C3H4O/c1-6-3-2-4-7-5-6;1-2-3-4/h2-5H,1H3;2-3H,1H2. The number of rotatable bonds is 1. The highest BCUT2D eigenvalue weighted by molar-refractivity contribution is 5.63. The first-order valence-electron chi connectivity index (χ1n) is 3.24. The summed E-state index contributed by atoms with van der Waals surface area (Å²) in [5.74, 6) is 0. The first-order valence-corrected chi connectivity index (χ1v) is 3.24. The number of pyridine rings is 1. The zero-order valence-electron chi connectivity index (χ0n) is 6.53. The monoisotopic (exact) mass is 149 g/mol. The first kappa shape index (κ1) is 9.56. The summed E-state index contributed by atoms with van der Waals surface area (Å²) in [4.78, 5) is 12.9. The Morgan fingerprint density at radius 2 is 2.27 bits per heavy atom. The largest absolute Gasteiger partial charge is 0.299 e. The fraction of sp³-hybridized carbons (Fsp3) is 0.111. The van der Waals surface area contributed by atoms with Crippen molar-refractivity contribution in [3.8, 4) is 0 Å². The lowest BCUT2D eigenvalue weighted by atomic mass is 10.3. The maximum absolute atomic E-state index is 9.06. The van der Waals surface area contributed by atoms with Gasteiger partial charge in [-0.25, -0.2) is 0 Å². The number of carbonyl (C=O) groups is 1. The van der Waals surface area contributed by atoms with Gasteiger partial charge in [0.1, 0.15) is 6.29 Å². The molecule has 58 valence electrons. The Morgan fingerprint density at radius 1 is 1.64 bits per heavy atom. The molecule has 0 aromatic carbocycles. The summed E-state index contributed by atoms with van der Waals surface area (Å²) in [6.07, 6.45) is 5.44. The second kappa shape index (κ2) is 6.68. The highest BCUT2D eigenvalue weighted by Gasteiger charge is 1.73. The van der Waals surface area contributed by atoms with Crippen molar-refractivity contribution in [2.75, 3.05) is 0 Å². The van der Waals surface area contributed by atoms with Gasteiger partial charge in [-0.3, -0.25) is 9.78 Å². The molecular weight excluding hydrogens is 138 g/mol. The van der Waals surface area contributed by atoms with Crippen molar-refractivity contribution in [1.82, 2.24) is 4.98 Å². The highest BCUT2D eigenvalue weighted by Crippen LogP contribution is 1.88. The summed E-state index contributed by atoms with van der Waals surface area (Å²) in [6, 6.07) is 3.95.